The van der Waals surface area contributed by atoms with Gasteiger partial charge in [0, 0.05) is 30.8 Å². The van der Waals surface area contributed by atoms with E-state index in [1.54, 1.807) is 12.3 Å². The molecule has 0 spiro atoms. The molecule has 0 saturated heterocycles. The van der Waals surface area contributed by atoms with Crippen molar-refractivity contribution in [3.8, 4) is 0 Å². The number of halogens is 2. The molecule has 3 rings (SSSR count). The van der Waals surface area contributed by atoms with Gasteiger partial charge in [0.15, 0.2) is 0 Å². The van der Waals surface area contributed by atoms with E-state index in [9.17, 15) is 4.39 Å². The van der Waals surface area contributed by atoms with Gasteiger partial charge in [-0.2, -0.15) is 0 Å². The Labute approximate surface area is 113 Å². The molecular formula is C13H13BrFN3. The molecule has 2 aromatic rings. The van der Waals surface area contributed by atoms with Crippen molar-refractivity contribution in [2.45, 2.75) is 18.4 Å². The lowest BCUT2D eigenvalue weighted by Gasteiger charge is -2.29. The fourth-order valence-corrected chi connectivity index (χ4v) is 2.62. The zero-order valence-electron chi connectivity index (χ0n) is 9.81. The Bertz CT molecular complexity index is 567. The smallest absolute Gasteiger partial charge is 0.146 e. The third-order valence-corrected chi connectivity index (χ3v) is 3.90. The van der Waals surface area contributed by atoms with Gasteiger partial charge in [-0.05, 0) is 17.7 Å². The SMILES string of the molecule is Fc1cc(CBr)ccc1N1CCn2ccnc2C1. The van der Waals surface area contributed by atoms with Crippen LogP contribution in [0.1, 0.15) is 11.4 Å². The van der Waals surface area contributed by atoms with Gasteiger partial charge >= 0.3 is 0 Å². The van der Waals surface area contributed by atoms with Crippen LogP contribution in [0.2, 0.25) is 0 Å². The summed E-state index contributed by atoms with van der Waals surface area (Å²) in [6, 6.07) is 5.39. The standard InChI is InChI=1S/C13H13BrFN3/c14-8-10-1-2-12(11(15)7-10)18-6-5-17-4-3-16-13(17)9-18/h1-4,7H,5-6,8-9H2. The third-order valence-electron chi connectivity index (χ3n) is 3.25. The lowest BCUT2D eigenvalue weighted by Crippen LogP contribution is -2.34. The first-order valence-corrected chi connectivity index (χ1v) is 6.99. The molecule has 0 fully saturated rings. The summed E-state index contributed by atoms with van der Waals surface area (Å²) in [4.78, 5) is 6.32. The van der Waals surface area contributed by atoms with Gasteiger partial charge in [0.25, 0.3) is 0 Å². The molecule has 1 aliphatic rings. The molecule has 0 radical (unpaired) electrons. The zero-order chi connectivity index (χ0) is 12.5. The molecule has 0 atom stereocenters. The first-order valence-electron chi connectivity index (χ1n) is 5.87. The van der Waals surface area contributed by atoms with Gasteiger partial charge in [-0.25, -0.2) is 9.37 Å². The Morgan fingerprint density at radius 2 is 2.22 bits per heavy atom. The summed E-state index contributed by atoms with van der Waals surface area (Å²) in [7, 11) is 0. The van der Waals surface area contributed by atoms with E-state index in [2.05, 4.69) is 25.5 Å². The Hall–Kier alpha value is -1.36. The predicted molar refractivity (Wildman–Crippen MR) is 72.3 cm³/mol. The maximum Gasteiger partial charge on any atom is 0.146 e. The highest BCUT2D eigenvalue weighted by molar-refractivity contribution is 9.08. The number of aromatic nitrogens is 2. The lowest BCUT2D eigenvalue weighted by atomic mass is 10.2. The van der Waals surface area contributed by atoms with E-state index < -0.39 is 0 Å². The average Bonchev–Trinajstić information content (AvgIpc) is 2.85. The number of imidazole rings is 1. The van der Waals surface area contributed by atoms with Gasteiger partial charge in [-0.3, -0.25) is 0 Å². The second-order valence-electron chi connectivity index (χ2n) is 4.38. The van der Waals surface area contributed by atoms with E-state index in [0.717, 1.165) is 24.5 Å². The van der Waals surface area contributed by atoms with Gasteiger partial charge in [0.05, 0.1) is 12.2 Å². The number of benzene rings is 1. The van der Waals surface area contributed by atoms with Crippen molar-refractivity contribution >= 4 is 21.6 Å². The summed E-state index contributed by atoms with van der Waals surface area (Å²) >= 11 is 3.33. The fourth-order valence-electron chi connectivity index (χ4n) is 2.27. The van der Waals surface area contributed by atoms with Gasteiger partial charge in [0.1, 0.15) is 11.6 Å². The monoisotopic (exact) mass is 309 g/mol. The lowest BCUT2D eigenvalue weighted by molar-refractivity contribution is 0.543. The molecule has 1 aromatic heterocycles. The topological polar surface area (TPSA) is 21.1 Å². The molecule has 3 nitrogen and oxygen atoms in total. The molecule has 1 aromatic carbocycles. The molecule has 18 heavy (non-hydrogen) atoms. The molecule has 0 aliphatic carbocycles. The van der Waals surface area contributed by atoms with E-state index in [0.29, 0.717) is 17.6 Å². The van der Waals surface area contributed by atoms with Crippen LogP contribution in [-0.2, 0) is 18.4 Å². The summed E-state index contributed by atoms with van der Waals surface area (Å²) in [5, 5.41) is 0.675. The minimum atomic E-state index is -0.160. The molecule has 5 heteroatoms. The van der Waals surface area contributed by atoms with Gasteiger partial charge in [-0.15, -0.1) is 0 Å². The fraction of sp³-hybridized carbons (Fsp3) is 0.308. The molecule has 1 aliphatic heterocycles. The number of fused-ring (bicyclic) bond motifs is 1. The number of alkyl halides is 1. The normalized spacial score (nSPS) is 14.7. The van der Waals surface area contributed by atoms with Crippen LogP contribution in [0, 0.1) is 5.82 Å². The van der Waals surface area contributed by atoms with Crippen molar-refractivity contribution in [3.63, 3.8) is 0 Å². The van der Waals surface area contributed by atoms with E-state index >= 15 is 0 Å². The van der Waals surface area contributed by atoms with Crippen LogP contribution in [0.15, 0.2) is 30.6 Å². The summed E-state index contributed by atoms with van der Waals surface area (Å²) in [5.41, 5.74) is 1.61. The highest BCUT2D eigenvalue weighted by atomic mass is 79.9. The molecule has 0 amide bonds. The van der Waals surface area contributed by atoms with Crippen molar-refractivity contribution in [2.24, 2.45) is 0 Å². The molecule has 0 N–H and O–H groups in total. The van der Waals surface area contributed by atoms with E-state index in [1.807, 2.05) is 23.2 Å². The van der Waals surface area contributed by atoms with Crippen LogP contribution in [0.5, 0.6) is 0 Å². The van der Waals surface area contributed by atoms with E-state index in [1.165, 1.54) is 0 Å². The van der Waals surface area contributed by atoms with E-state index in [4.69, 9.17) is 0 Å². The molecular weight excluding hydrogens is 297 g/mol. The minimum Gasteiger partial charge on any atom is -0.360 e. The largest absolute Gasteiger partial charge is 0.360 e. The van der Waals surface area contributed by atoms with Crippen molar-refractivity contribution in [2.75, 3.05) is 11.4 Å². The van der Waals surface area contributed by atoms with Gasteiger partial charge in [-0.1, -0.05) is 22.0 Å². The highest BCUT2D eigenvalue weighted by Crippen LogP contribution is 2.25. The maximum absolute atomic E-state index is 14.0. The van der Waals surface area contributed by atoms with Crippen molar-refractivity contribution in [3.05, 3.63) is 47.8 Å². The van der Waals surface area contributed by atoms with Crippen molar-refractivity contribution in [1.82, 2.24) is 9.55 Å². The zero-order valence-corrected chi connectivity index (χ0v) is 11.4. The van der Waals surface area contributed by atoms with Crippen LogP contribution in [0.3, 0.4) is 0 Å². The Balaban J connectivity index is 1.88. The Kier molecular flexibility index (Phi) is 3.07. The Morgan fingerprint density at radius 1 is 1.33 bits per heavy atom. The summed E-state index contributed by atoms with van der Waals surface area (Å²) < 4.78 is 16.1. The van der Waals surface area contributed by atoms with Crippen molar-refractivity contribution in [1.29, 1.82) is 0 Å². The number of hydrogen-bond acceptors (Lipinski definition) is 2. The second-order valence-corrected chi connectivity index (χ2v) is 4.94. The third kappa shape index (κ3) is 2.03. The molecule has 0 saturated carbocycles. The predicted octanol–water partition coefficient (Wildman–Crippen LogP) is 2.94. The number of anilines is 1. The number of nitrogens with zero attached hydrogens (tertiary/aromatic N) is 3. The average molecular weight is 310 g/mol. The number of rotatable bonds is 2. The van der Waals surface area contributed by atoms with Crippen LogP contribution in [-0.4, -0.2) is 16.1 Å². The number of hydrogen-bond donors (Lipinski definition) is 0. The van der Waals surface area contributed by atoms with Crippen molar-refractivity contribution < 1.29 is 4.39 Å². The minimum absolute atomic E-state index is 0.160. The van der Waals surface area contributed by atoms with Crippen LogP contribution in [0.25, 0.3) is 0 Å². The quantitative estimate of drug-likeness (QED) is 0.795. The molecule has 2 heterocycles. The second kappa shape index (κ2) is 4.72. The first-order chi connectivity index (χ1) is 8.78. The van der Waals surface area contributed by atoms with Gasteiger partial charge < -0.3 is 9.47 Å². The summed E-state index contributed by atoms with van der Waals surface area (Å²) in [6.07, 6.45) is 3.76. The van der Waals surface area contributed by atoms with E-state index in [-0.39, 0.29) is 5.82 Å². The highest BCUT2D eigenvalue weighted by Gasteiger charge is 2.19. The molecule has 94 valence electrons. The Morgan fingerprint density at radius 3 is 3.00 bits per heavy atom. The molecule has 0 unspecified atom stereocenters. The van der Waals surface area contributed by atoms with Crippen LogP contribution in [0.4, 0.5) is 10.1 Å². The first kappa shape index (κ1) is 11.7. The van der Waals surface area contributed by atoms with Gasteiger partial charge in [0.2, 0.25) is 0 Å². The van der Waals surface area contributed by atoms with Crippen LogP contribution >= 0.6 is 15.9 Å². The summed E-state index contributed by atoms with van der Waals surface area (Å²) in [6.45, 7) is 2.33. The summed E-state index contributed by atoms with van der Waals surface area (Å²) in [5.74, 6) is 0.831. The van der Waals surface area contributed by atoms with Crippen LogP contribution < -0.4 is 4.90 Å². The maximum atomic E-state index is 14.0. The molecule has 0 bridgehead atoms.